The molecule has 1 rings (SSSR count). The second-order valence-electron chi connectivity index (χ2n) is 4.62. The summed E-state index contributed by atoms with van der Waals surface area (Å²) < 4.78 is 4.83. The second-order valence-corrected chi connectivity index (χ2v) is 5.06. The van der Waals surface area contributed by atoms with Crippen LogP contribution in [0.15, 0.2) is 24.3 Å². The summed E-state index contributed by atoms with van der Waals surface area (Å²) in [4.78, 5) is 13.8. The quantitative estimate of drug-likeness (QED) is 0.709. The van der Waals surface area contributed by atoms with Gasteiger partial charge in [0.1, 0.15) is 4.99 Å². The third-order valence-electron chi connectivity index (χ3n) is 2.86. The summed E-state index contributed by atoms with van der Waals surface area (Å²) in [5.74, 6) is -0.0665. The number of nitrogens with two attached hydrogens (primary N) is 1. The lowest BCUT2D eigenvalue weighted by Crippen LogP contribution is -2.37. The van der Waals surface area contributed by atoms with Crippen molar-refractivity contribution in [3.05, 3.63) is 35.4 Å². The number of ether oxygens (including phenoxy) is 1. The molecule has 3 N–H and O–H groups in total. The van der Waals surface area contributed by atoms with Crippen LogP contribution < -0.4 is 5.73 Å². The molecule has 0 saturated heterocycles. The molecule has 5 nitrogen and oxygen atoms in total. The summed E-state index contributed by atoms with van der Waals surface area (Å²) in [5.41, 5.74) is 7.17. The predicted octanol–water partition coefficient (Wildman–Crippen LogP) is 0.329. The Balaban J connectivity index is 2.54. The largest absolute Gasteiger partial charge is 0.389 e. The molecule has 1 unspecified atom stereocenters. The number of thiocarbonyl (C=S) groups is 1. The van der Waals surface area contributed by atoms with Crippen LogP contribution in [0.25, 0.3) is 0 Å². The Hall–Kier alpha value is -1.50. The van der Waals surface area contributed by atoms with E-state index >= 15 is 0 Å². The first-order chi connectivity index (χ1) is 9.43. The first-order valence-corrected chi connectivity index (χ1v) is 6.64. The van der Waals surface area contributed by atoms with Crippen LogP contribution in [0.2, 0.25) is 0 Å². The number of hydrogen-bond acceptors (Lipinski definition) is 4. The fraction of sp³-hybridized carbons (Fsp3) is 0.429. The topological polar surface area (TPSA) is 75.8 Å². The number of rotatable bonds is 7. The highest BCUT2D eigenvalue weighted by molar-refractivity contribution is 7.80. The van der Waals surface area contributed by atoms with Gasteiger partial charge >= 0.3 is 0 Å². The lowest BCUT2D eigenvalue weighted by atomic mass is 10.1. The fourth-order valence-electron chi connectivity index (χ4n) is 1.76. The smallest absolute Gasteiger partial charge is 0.226 e. The number of nitrogens with zero attached hydrogens (tertiary/aromatic N) is 1. The molecule has 0 aromatic heterocycles. The van der Waals surface area contributed by atoms with Crippen LogP contribution in [0.5, 0.6) is 0 Å². The molecule has 1 aromatic rings. The predicted molar refractivity (Wildman–Crippen MR) is 81.6 cm³/mol. The van der Waals surface area contributed by atoms with Crippen LogP contribution in [0.1, 0.15) is 11.1 Å². The summed E-state index contributed by atoms with van der Waals surface area (Å²) in [7, 11) is 3.17. The van der Waals surface area contributed by atoms with Crippen LogP contribution in [0.3, 0.4) is 0 Å². The molecule has 0 fully saturated rings. The Kier molecular flexibility index (Phi) is 6.57. The molecule has 0 radical (unpaired) electrons. The first-order valence-electron chi connectivity index (χ1n) is 6.23. The number of carbonyl (C=O) groups excluding carboxylic acids is 1. The molecule has 0 spiro atoms. The van der Waals surface area contributed by atoms with Crippen molar-refractivity contribution in [2.45, 2.75) is 12.5 Å². The Labute approximate surface area is 124 Å². The Morgan fingerprint density at radius 2 is 2.05 bits per heavy atom. The normalized spacial score (nSPS) is 11.9. The van der Waals surface area contributed by atoms with Crippen LogP contribution in [0, 0.1) is 0 Å². The molecule has 0 bridgehead atoms. The highest BCUT2D eigenvalue weighted by atomic mass is 32.1. The van der Waals surface area contributed by atoms with E-state index in [9.17, 15) is 9.90 Å². The summed E-state index contributed by atoms with van der Waals surface area (Å²) in [6, 6.07) is 7.24. The number of carbonyl (C=O) groups is 1. The van der Waals surface area contributed by atoms with E-state index in [0.717, 1.165) is 11.1 Å². The van der Waals surface area contributed by atoms with Crippen molar-refractivity contribution in [3.8, 4) is 0 Å². The van der Waals surface area contributed by atoms with Gasteiger partial charge in [-0.1, -0.05) is 36.5 Å². The number of hydrogen-bond donors (Lipinski definition) is 2. The number of likely N-dealkylation sites (N-methyl/N-ethyl adjacent to an activating group) is 1. The zero-order valence-corrected chi connectivity index (χ0v) is 12.5. The molecule has 0 aliphatic heterocycles. The maximum absolute atomic E-state index is 12.0. The van der Waals surface area contributed by atoms with Gasteiger partial charge in [0.25, 0.3) is 0 Å². The molecule has 1 atom stereocenters. The lowest BCUT2D eigenvalue weighted by Gasteiger charge is -2.20. The van der Waals surface area contributed by atoms with Gasteiger partial charge in [-0.2, -0.15) is 0 Å². The number of benzene rings is 1. The Morgan fingerprint density at radius 1 is 1.45 bits per heavy atom. The van der Waals surface area contributed by atoms with Gasteiger partial charge in [-0.05, 0) is 5.56 Å². The van der Waals surface area contributed by atoms with Crippen molar-refractivity contribution in [3.63, 3.8) is 0 Å². The van der Waals surface area contributed by atoms with Crippen molar-refractivity contribution in [2.75, 3.05) is 27.3 Å². The van der Waals surface area contributed by atoms with Crippen LogP contribution >= 0.6 is 12.2 Å². The summed E-state index contributed by atoms with van der Waals surface area (Å²) in [5, 5.41) is 9.58. The number of amides is 1. The average molecular weight is 296 g/mol. The van der Waals surface area contributed by atoms with Gasteiger partial charge in [-0.25, -0.2) is 0 Å². The van der Waals surface area contributed by atoms with E-state index in [1.54, 1.807) is 19.2 Å². The molecule has 1 amide bonds. The molecule has 6 heteroatoms. The highest BCUT2D eigenvalue weighted by Gasteiger charge is 2.14. The fourth-order valence-corrected chi connectivity index (χ4v) is 1.90. The van der Waals surface area contributed by atoms with E-state index in [2.05, 4.69) is 0 Å². The molecular formula is C14H20N2O3S. The zero-order valence-electron chi connectivity index (χ0n) is 11.7. The van der Waals surface area contributed by atoms with E-state index < -0.39 is 6.10 Å². The van der Waals surface area contributed by atoms with E-state index in [4.69, 9.17) is 22.7 Å². The second kappa shape index (κ2) is 7.94. The minimum Gasteiger partial charge on any atom is -0.389 e. The minimum absolute atomic E-state index is 0.0665. The molecule has 1 aromatic carbocycles. The number of methoxy groups -OCH3 is 1. The summed E-state index contributed by atoms with van der Waals surface area (Å²) in [6.07, 6.45) is -0.403. The van der Waals surface area contributed by atoms with Gasteiger partial charge < -0.3 is 20.5 Å². The first kappa shape index (κ1) is 16.6. The summed E-state index contributed by atoms with van der Waals surface area (Å²) >= 11 is 4.87. The molecule has 0 heterocycles. The zero-order chi connectivity index (χ0) is 15.1. The highest BCUT2D eigenvalue weighted by Crippen LogP contribution is 2.07. The van der Waals surface area contributed by atoms with Gasteiger partial charge in [0.2, 0.25) is 5.91 Å². The third kappa shape index (κ3) is 5.24. The standard InChI is InChI=1S/C14H20N2O3S/c1-16(8-12(17)9-19-2)13(18)7-10-3-5-11(6-4-10)14(15)20/h3-6,12,17H,7-9H2,1-2H3,(H2,15,20). The summed E-state index contributed by atoms with van der Waals surface area (Å²) in [6.45, 7) is 0.456. The monoisotopic (exact) mass is 296 g/mol. The molecule has 20 heavy (non-hydrogen) atoms. The van der Waals surface area contributed by atoms with Gasteiger partial charge in [-0.3, -0.25) is 4.79 Å². The van der Waals surface area contributed by atoms with Crippen LogP contribution in [0.4, 0.5) is 0 Å². The van der Waals surface area contributed by atoms with Gasteiger partial charge in [0.15, 0.2) is 0 Å². The molecule has 0 aliphatic rings. The van der Waals surface area contributed by atoms with Gasteiger partial charge in [0.05, 0.1) is 19.1 Å². The SMILES string of the molecule is COCC(O)CN(C)C(=O)Cc1ccc(C(N)=S)cc1. The Morgan fingerprint density at radius 3 is 2.55 bits per heavy atom. The molecule has 0 saturated carbocycles. The third-order valence-corrected chi connectivity index (χ3v) is 3.10. The minimum atomic E-state index is -0.675. The van der Waals surface area contributed by atoms with Gasteiger partial charge in [-0.15, -0.1) is 0 Å². The maximum atomic E-state index is 12.0. The van der Waals surface area contributed by atoms with E-state index in [-0.39, 0.29) is 25.5 Å². The average Bonchev–Trinajstić information content (AvgIpc) is 2.39. The Bertz CT molecular complexity index is 462. The van der Waals surface area contributed by atoms with Crippen LogP contribution in [-0.4, -0.2) is 54.3 Å². The van der Waals surface area contributed by atoms with Crippen molar-refractivity contribution in [1.82, 2.24) is 4.90 Å². The molecule has 0 aliphatic carbocycles. The van der Waals surface area contributed by atoms with Crippen molar-refractivity contribution >= 4 is 23.1 Å². The van der Waals surface area contributed by atoms with Crippen LogP contribution in [-0.2, 0) is 16.0 Å². The maximum Gasteiger partial charge on any atom is 0.226 e. The van der Waals surface area contributed by atoms with E-state index in [1.165, 1.54) is 12.0 Å². The molecular weight excluding hydrogens is 276 g/mol. The number of aliphatic hydroxyl groups excluding tert-OH is 1. The van der Waals surface area contributed by atoms with Crippen molar-refractivity contribution in [2.24, 2.45) is 5.73 Å². The van der Waals surface area contributed by atoms with Crippen molar-refractivity contribution < 1.29 is 14.6 Å². The molecule has 110 valence electrons. The van der Waals surface area contributed by atoms with Crippen molar-refractivity contribution in [1.29, 1.82) is 0 Å². The van der Waals surface area contributed by atoms with E-state index in [1.807, 2.05) is 12.1 Å². The van der Waals surface area contributed by atoms with E-state index in [0.29, 0.717) is 4.99 Å². The van der Waals surface area contributed by atoms with Gasteiger partial charge in [0, 0.05) is 26.3 Å². The lowest BCUT2D eigenvalue weighted by molar-refractivity contribution is -0.130. The number of aliphatic hydroxyl groups is 1.